The molecule has 1 saturated heterocycles. The van der Waals surface area contributed by atoms with Crippen LogP contribution in [0.15, 0.2) is 34.4 Å². The van der Waals surface area contributed by atoms with E-state index in [1.165, 1.54) is 17.0 Å². The summed E-state index contributed by atoms with van der Waals surface area (Å²) in [6.07, 6.45) is 2.06. The molecule has 1 saturated carbocycles. The van der Waals surface area contributed by atoms with Crippen molar-refractivity contribution in [2.75, 3.05) is 43.4 Å². The number of hydrogen-bond acceptors (Lipinski definition) is 7. The monoisotopic (exact) mass is 464 g/mol. The molecule has 8 nitrogen and oxygen atoms in total. The van der Waals surface area contributed by atoms with Crippen molar-refractivity contribution in [1.82, 2.24) is 19.9 Å². The number of thiophene rings is 1. The number of aromatic nitrogens is 3. The summed E-state index contributed by atoms with van der Waals surface area (Å²) in [5.74, 6) is 0.566. The summed E-state index contributed by atoms with van der Waals surface area (Å²) in [5.41, 5.74) is 4.10. The predicted octanol–water partition coefficient (Wildman–Crippen LogP) is 3.21. The Morgan fingerprint density at radius 3 is 2.79 bits per heavy atom. The third kappa shape index (κ3) is 3.80. The molecule has 33 heavy (non-hydrogen) atoms. The van der Waals surface area contributed by atoms with E-state index in [1.54, 1.807) is 0 Å². The van der Waals surface area contributed by atoms with Crippen LogP contribution in [0.2, 0.25) is 0 Å². The number of nitrogens with one attached hydrogen (secondary N) is 3. The van der Waals surface area contributed by atoms with Crippen molar-refractivity contribution in [2.24, 2.45) is 0 Å². The van der Waals surface area contributed by atoms with Crippen LogP contribution in [0, 0.1) is 0 Å². The van der Waals surface area contributed by atoms with Gasteiger partial charge in [0, 0.05) is 43.3 Å². The first-order chi connectivity index (χ1) is 16.0. The number of H-pyrrole nitrogens is 2. The summed E-state index contributed by atoms with van der Waals surface area (Å²) in [4.78, 5) is 30.0. The number of aliphatic hydroxyl groups excluding tert-OH is 1. The van der Waals surface area contributed by atoms with Gasteiger partial charge in [0.1, 0.15) is 16.2 Å². The molecule has 2 atom stereocenters. The lowest BCUT2D eigenvalue weighted by Gasteiger charge is -2.34. The Hall–Kier alpha value is -2.88. The van der Waals surface area contributed by atoms with E-state index in [-0.39, 0.29) is 17.7 Å². The Labute approximate surface area is 195 Å². The van der Waals surface area contributed by atoms with Crippen molar-refractivity contribution in [3.8, 4) is 11.4 Å². The van der Waals surface area contributed by atoms with Crippen LogP contribution < -0.4 is 15.8 Å². The molecule has 0 spiro atoms. The second-order valence-electron chi connectivity index (χ2n) is 9.25. The van der Waals surface area contributed by atoms with E-state index >= 15 is 0 Å². The van der Waals surface area contributed by atoms with Gasteiger partial charge in [-0.25, -0.2) is 4.98 Å². The van der Waals surface area contributed by atoms with E-state index in [2.05, 4.69) is 44.3 Å². The van der Waals surface area contributed by atoms with E-state index in [0.29, 0.717) is 17.8 Å². The highest BCUT2D eigenvalue weighted by Crippen LogP contribution is 2.35. The lowest BCUT2D eigenvalue weighted by Crippen LogP contribution is -2.44. The van der Waals surface area contributed by atoms with Crippen molar-refractivity contribution in [1.29, 1.82) is 0 Å². The second kappa shape index (κ2) is 8.16. The summed E-state index contributed by atoms with van der Waals surface area (Å²) >= 11 is 1.52. The number of anilines is 2. The van der Waals surface area contributed by atoms with Crippen LogP contribution in [-0.4, -0.2) is 70.3 Å². The first kappa shape index (κ1) is 20.7. The molecule has 172 valence electrons. The van der Waals surface area contributed by atoms with Gasteiger partial charge in [0.2, 0.25) is 0 Å². The molecule has 0 radical (unpaired) electrons. The number of hydrogen-bond donors (Lipinski definition) is 4. The second-order valence-corrected chi connectivity index (χ2v) is 10.2. The van der Waals surface area contributed by atoms with Gasteiger partial charge in [0.15, 0.2) is 0 Å². The van der Waals surface area contributed by atoms with Gasteiger partial charge < -0.3 is 30.2 Å². The van der Waals surface area contributed by atoms with Gasteiger partial charge in [-0.1, -0.05) is 0 Å². The fourth-order valence-corrected chi connectivity index (χ4v) is 5.85. The van der Waals surface area contributed by atoms with Crippen molar-refractivity contribution < 1.29 is 5.11 Å². The fourth-order valence-electron chi connectivity index (χ4n) is 5.06. The number of likely N-dealkylation sites (N-methyl/N-ethyl adjacent to an activating group) is 1. The Morgan fingerprint density at radius 1 is 1.15 bits per heavy atom. The summed E-state index contributed by atoms with van der Waals surface area (Å²) in [6.45, 7) is 4.10. The Bertz CT molecular complexity index is 1370. The molecule has 2 fully saturated rings. The van der Waals surface area contributed by atoms with E-state index < -0.39 is 0 Å². The zero-order valence-corrected chi connectivity index (χ0v) is 19.4. The number of rotatable bonds is 4. The minimum atomic E-state index is -0.287. The first-order valence-electron chi connectivity index (χ1n) is 11.6. The molecule has 1 aliphatic heterocycles. The molecule has 1 aliphatic carbocycles. The lowest BCUT2D eigenvalue weighted by atomic mass is 10.1. The number of aromatic amines is 2. The van der Waals surface area contributed by atoms with Crippen LogP contribution in [0.3, 0.4) is 0 Å². The summed E-state index contributed by atoms with van der Waals surface area (Å²) in [6, 6.07) is 8.44. The van der Waals surface area contributed by atoms with Crippen LogP contribution in [0.4, 0.5) is 11.4 Å². The van der Waals surface area contributed by atoms with Crippen molar-refractivity contribution in [2.45, 2.75) is 31.4 Å². The zero-order valence-electron chi connectivity index (χ0n) is 18.6. The Kier molecular flexibility index (Phi) is 5.12. The topological polar surface area (TPSA) is 100 Å². The molecule has 2 aliphatic rings. The third-order valence-corrected chi connectivity index (χ3v) is 7.79. The number of fused-ring (bicyclic) bond motifs is 2. The molecule has 0 bridgehead atoms. The fraction of sp³-hybridized carbons (Fsp3) is 0.417. The molecule has 1 aromatic carbocycles. The Morgan fingerprint density at radius 2 is 2.00 bits per heavy atom. The SMILES string of the molecule is CN1CCN(c2ccc3nc(-c4c(NC5CC[C@H](O)C5)c5ccsc5[nH]c4=O)[nH]c3c2)CC1. The summed E-state index contributed by atoms with van der Waals surface area (Å²) in [7, 11) is 2.15. The van der Waals surface area contributed by atoms with Crippen molar-refractivity contribution in [3.63, 3.8) is 0 Å². The van der Waals surface area contributed by atoms with E-state index in [4.69, 9.17) is 4.98 Å². The maximum atomic E-state index is 13.2. The standard InChI is InChI=1S/C24H28N6O2S/c1-29-7-9-30(10-8-29)15-3-5-18-19(13-15)27-22(26-18)20-21(25-14-2-4-16(31)12-14)17-6-11-33-24(17)28-23(20)32/h3,5-6,11,13-14,16,31H,2,4,7-10,12H2,1H3,(H,26,27)(H2,25,28,32)/t14?,16-/m0/s1. The molecule has 0 amide bonds. The smallest absolute Gasteiger partial charge is 0.262 e. The molecule has 9 heteroatoms. The molecule has 3 aromatic heterocycles. The molecule has 1 unspecified atom stereocenters. The van der Waals surface area contributed by atoms with Gasteiger partial charge in [0.05, 0.1) is 22.8 Å². The average molecular weight is 465 g/mol. The number of benzene rings is 1. The number of aliphatic hydroxyl groups is 1. The predicted molar refractivity (Wildman–Crippen MR) is 135 cm³/mol. The van der Waals surface area contributed by atoms with Gasteiger partial charge in [-0.05, 0) is 56.0 Å². The normalized spacial score (nSPS) is 21.9. The van der Waals surface area contributed by atoms with Crippen molar-refractivity contribution in [3.05, 3.63) is 40.0 Å². The molecular weight excluding hydrogens is 436 g/mol. The number of nitrogens with zero attached hydrogens (tertiary/aromatic N) is 3. The highest BCUT2D eigenvalue weighted by molar-refractivity contribution is 7.16. The zero-order chi connectivity index (χ0) is 22.5. The van der Waals surface area contributed by atoms with E-state index in [9.17, 15) is 9.90 Å². The Balaban J connectivity index is 1.42. The third-order valence-electron chi connectivity index (χ3n) is 6.96. The van der Waals surface area contributed by atoms with Crippen LogP contribution in [0.1, 0.15) is 19.3 Å². The van der Waals surface area contributed by atoms with E-state index in [0.717, 1.165) is 66.0 Å². The summed E-state index contributed by atoms with van der Waals surface area (Å²) < 4.78 is 0. The maximum Gasteiger partial charge on any atom is 0.262 e. The number of imidazole rings is 1. The van der Waals surface area contributed by atoms with Crippen LogP contribution >= 0.6 is 11.3 Å². The average Bonchev–Trinajstić information content (AvgIpc) is 3.53. The highest BCUT2D eigenvalue weighted by atomic mass is 32.1. The first-order valence-corrected chi connectivity index (χ1v) is 12.4. The minimum absolute atomic E-state index is 0.136. The summed E-state index contributed by atoms with van der Waals surface area (Å²) in [5, 5.41) is 16.5. The van der Waals surface area contributed by atoms with Gasteiger partial charge >= 0.3 is 0 Å². The lowest BCUT2D eigenvalue weighted by molar-refractivity contribution is 0.182. The maximum absolute atomic E-state index is 13.2. The van der Waals surface area contributed by atoms with Crippen LogP contribution in [0.5, 0.6) is 0 Å². The van der Waals surface area contributed by atoms with Crippen LogP contribution in [0.25, 0.3) is 32.6 Å². The van der Waals surface area contributed by atoms with Gasteiger partial charge in [-0.3, -0.25) is 4.79 Å². The molecule has 4 N–H and O–H groups in total. The number of piperazine rings is 1. The number of pyridine rings is 1. The highest BCUT2D eigenvalue weighted by Gasteiger charge is 2.26. The molecule has 4 heterocycles. The molecule has 4 aromatic rings. The van der Waals surface area contributed by atoms with Crippen LogP contribution in [-0.2, 0) is 0 Å². The van der Waals surface area contributed by atoms with Gasteiger partial charge in [-0.2, -0.15) is 0 Å². The van der Waals surface area contributed by atoms with Crippen molar-refractivity contribution >= 4 is 44.0 Å². The van der Waals surface area contributed by atoms with E-state index in [1.807, 2.05) is 17.5 Å². The largest absolute Gasteiger partial charge is 0.393 e. The molecule has 6 rings (SSSR count). The van der Waals surface area contributed by atoms with Gasteiger partial charge in [0.25, 0.3) is 5.56 Å². The van der Waals surface area contributed by atoms with Gasteiger partial charge in [-0.15, -0.1) is 11.3 Å². The molecular formula is C24H28N6O2S. The minimum Gasteiger partial charge on any atom is -0.393 e. The quantitative estimate of drug-likeness (QED) is 0.370.